The summed E-state index contributed by atoms with van der Waals surface area (Å²) in [5.41, 5.74) is 0.633. The van der Waals surface area contributed by atoms with E-state index in [2.05, 4.69) is 15.9 Å². The lowest BCUT2D eigenvalue weighted by Gasteiger charge is -2.20. The molecule has 1 fully saturated rings. The van der Waals surface area contributed by atoms with Crippen LogP contribution in [0.5, 0.6) is 0 Å². The maximum absolute atomic E-state index is 11.6. The zero-order valence-electron chi connectivity index (χ0n) is 8.80. The molecular formula is C11H10BrNO4. The van der Waals surface area contributed by atoms with Crippen LogP contribution in [0, 0.1) is 0 Å². The summed E-state index contributed by atoms with van der Waals surface area (Å²) in [7, 11) is 0. The van der Waals surface area contributed by atoms with Crippen molar-refractivity contribution in [3.8, 4) is 0 Å². The first-order valence-corrected chi connectivity index (χ1v) is 5.80. The molecule has 0 spiro atoms. The quantitative estimate of drug-likeness (QED) is 0.929. The number of hydrogen-bond donors (Lipinski definition) is 1. The fourth-order valence-corrected chi connectivity index (χ4v) is 2.14. The highest BCUT2D eigenvalue weighted by atomic mass is 79.9. The molecule has 1 amide bonds. The van der Waals surface area contributed by atoms with Crippen LogP contribution in [0.1, 0.15) is 6.42 Å². The standard InChI is InChI=1S/C11H10BrNO4/c12-7-2-1-3-8(4-7)13-9(5-10(14)15)6-17-11(13)16/h1-4,9H,5-6H2,(H,14,15). The number of halogens is 1. The maximum atomic E-state index is 11.6. The Labute approximate surface area is 106 Å². The molecule has 0 aliphatic carbocycles. The Balaban J connectivity index is 2.27. The van der Waals surface area contributed by atoms with Gasteiger partial charge in [-0.3, -0.25) is 9.69 Å². The molecule has 2 rings (SSSR count). The van der Waals surface area contributed by atoms with Crippen LogP contribution in [0.3, 0.4) is 0 Å². The van der Waals surface area contributed by atoms with Crippen molar-refractivity contribution < 1.29 is 19.4 Å². The molecule has 1 unspecified atom stereocenters. The second-order valence-corrected chi connectivity index (χ2v) is 4.59. The first kappa shape index (κ1) is 11.9. The Hall–Kier alpha value is -1.56. The van der Waals surface area contributed by atoms with Gasteiger partial charge < -0.3 is 9.84 Å². The van der Waals surface area contributed by atoms with Crippen LogP contribution in [0.2, 0.25) is 0 Å². The Morgan fingerprint density at radius 3 is 3.00 bits per heavy atom. The average Bonchev–Trinajstić information content (AvgIpc) is 2.59. The van der Waals surface area contributed by atoms with Crippen molar-refractivity contribution in [1.29, 1.82) is 0 Å². The van der Waals surface area contributed by atoms with Gasteiger partial charge >= 0.3 is 12.1 Å². The lowest BCUT2D eigenvalue weighted by molar-refractivity contribution is -0.137. The van der Waals surface area contributed by atoms with Crippen molar-refractivity contribution in [2.45, 2.75) is 12.5 Å². The predicted molar refractivity (Wildman–Crippen MR) is 64.0 cm³/mol. The number of nitrogens with zero attached hydrogens (tertiary/aromatic N) is 1. The number of aliphatic carboxylic acids is 1. The van der Waals surface area contributed by atoms with Crippen molar-refractivity contribution in [2.75, 3.05) is 11.5 Å². The van der Waals surface area contributed by atoms with Gasteiger partial charge in [0.25, 0.3) is 0 Å². The highest BCUT2D eigenvalue weighted by molar-refractivity contribution is 9.10. The molecule has 1 heterocycles. The smallest absolute Gasteiger partial charge is 0.414 e. The Morgan fingerprint density at radius 2 is 2.35 bits per heavy atom. The molecule has 1 aromatic rings. The summed E-state index contributed by atoms with van der Waals surface area (Å²) in [5.74, 6) is -0.951. The van der Waals surface area contributed by atoms with E-state index in [0.717, 1.165) is 4.47 Å². The van der Waals surface area contributed by atoms with Crippen molar-refractivity contribution in [3.63, 3.8) is 0 Å². The highest BCUT2D eigenvalue weighted by Crippen LogP contribution is 2.27. The molecule has 0 saturated carbocycles. The van der Waals surface area contributed by atoms with Crippen LogP contribution in [0.4, 0.5) is 10.5 Å². The lowest BCUT2D eigenvalue weighted by atomic mass is 10.2. The topological polar surface area (TPSA) is 66.8 Å². The minimum Gasteiger partial charge on any atom is -0.481 e. The van der Waals surface area contributed by atoms with Gasteiger partial charge in [0, 0.05) is 10.2 Å². The maximum Gasteiger partial charge on any atom is 0.414 e. The molecule has 5 nitrogen and oxygen atoms in total. The van der Waals surface area contributed by atoms with E-state index < -0.39 is 18.1 Å². The third-order valence-electron chi connectivity index (χ3n) is 2.46. The summed E-state index contributed by atoms with van der Waals surface area (Å²) >= 11 is 3.30. The molecule has 1 aliphatic rings. The fraction of sp³-hybridized carbons (Fsp3) is 0.273. The lowest BCUT2D eigenvalue weighted by Crippen LogP contribution is -2.35. The predicted octanol–water partition coefficient (Wildman–Crippen LogP) is 2.25. The van der Waals surface area contributed by atoms with Crippen LogP contribution >= 0.6 is 15.9 Å². The van der Waals surface area contributed by atoms with Crippen molar-refractivity contribution >= 4 is 33.7 Å². The molecule has 1 aliphatic heterocycles. The summed E-state index contributed by atoms with van der Waals surface area (Å²) < 4.78 is 5.70. The van der Waals surface area contributed by atoms with Gasteiger partial charge in [-0.05, 0) is 18.2 Å². The molecule has 1 N–H and O–H groups in total. The van der Waals surface area contributed by atoms with Gasteiger partial charge in [0.15, 0.2) is 0 Å². The number of rotatable bonds is 3. The third-order valence-corrected chi connectivity index (χ3v) is 2.95. The van der Waals surface area contributed by atoms with Gasteiger partial charge in [-0.25, -0.2) is 4.79 Å². The molecular weight excluding hydrogens is 290 g/mol. The second-order valence-electron chi connectivity index (χ2n) is 3.68. The van der Waals surface area contributed by atoms with Gasteiger partial charge in [-0.15, -0.1) is 0 Å². The SMILES string of the molecule is O=C(O)CC1COC(=O)N1c1cccc(Br)c1. The number of carboxylic acids is 1. The average molecular weight is 300 g/mol. The zero-order chi connectivity index (χ0) is 12.4. The number of ether oxygens (including phenoxy) is 1. The van der Waals surface area contributed by atoms with Crippen molar-refractivity contribution in [2.24, 2.45) is 0 Å². The van der Waals surface area contributed by atoms with E-state index in [1.165, 1.54) is 4.90 Å². The van der Waals surface area contributed by atoms with E-state index in [4.69, 9.17) is 9.84 Å². The number of carboxylic acid groups (broad SMARTS) is 1. The van der Waals surface area contributed by atoms with Crippen LogP contribution < -0.4 is 4.90 Å². The van der Waals surface area contributed by atoms with E-state index in [-0.39, 0.29) is 13.0 Å². The van der Waals surface area contributed by atoms with Gasteiger partial charge in [-0.2, -0.15) is 0 Å². The number of carbonyl (C=O) groups excluding carboxylic acids is 1. The van der Waals surface area contributed by atoms with E-state index in [1.54, 1.807) is 18.2 Å². The first-order valence-electron chi connectivity index (χ1n) is 5.01. The third kappa shape index (κ3) is 2.58. The molecule has 1 atom stereocenters. The zero-order valence-corrected chi connectivity index (χ0v) is 10.4. The Bertz CT molecular complexity index is 463. The van der Waals surface area contributed by atoms with Gasteiger partial charge in [0.1, 0.15) is 6.61 Å². The van der Waals surface area contributed by atoms with E-state index in [1.807, 2.05) is 6.07 Å². The Kier molecular flexibility index (Phi) is 3.33. The first-order chi connectivity index (χ1) is 8.08. The second kappa shape index (κ2) is 4.75. The normalized spacial score (nSPS) is 19.2. The molecule has 6 heteroatoms. The van der Waals surface area contributed by atoms with Crippen molar-refractivity contribution in [1.82, 2.24) is 0 Å². The Morgan fingerprint density at radius 1 is 1.59 bits per heavy atom. The summed E-state index contributed by atoms with van der Waals surface area (Å²) in [6, 6.07) is 6.66. The fourth-order valence-electron chi connectivity index (χ4n) is 1.75. The highest BCUT2D eigenvalue weighted by Gasteiger charge is 2.35. The van der Waals surface area contributed by atoms with Crippen LogP contribution in [0.15, 0.2) is 28.7 Å². The number of carbonyl (C=O) groups is 2. The summed E-state index contributed by atoms with van der Waals surface area (Å²) in [4.78, 5) is 23.7. The molecule has 17 heavy (non-hydrogen) atoms. The summed E-state index contributed by atoms with van der Waals surface area (Å²) in [6.07, 6.45) is -0.632. The van der Waals surface area contributed by atoms with Crippen LogP contribution in [0.25, 0.3) is 0 Å². The number of amides is 1. The van der Waals surface area contributed by atoms with Crippen molar-refractivity contribution in [3.05, 3.63) is 28.7 Å². The minimum absolute atomic E-state index is 0.109. The van der Waals surface area contributed by atoms with Gasteiger partial charge in [0.05, 0.1) is 12.5 Å². The van der Waals surface area contributed by atoms with E-state index in [0.29, 0.717) is 5.69 Å². The number of cyclic esters (lactones) is 1. The number of anilines is 1. The monoisotopic (exact) mass is 299 g/mol. The summed E-state index contributed by atoms with van der Waals surface area (Å²) in [6.45, 7) is 0.109. The molecule has 0 aromatic heterocycles. The largest absolute Gasteiger partial charge is 0.481 e. The number of benzene rings is 1. The van der Waals surface area contributed by atoms with E-state index >= 15 is 0 Å². The minimum atomic E-state index is -0.951. The molecule has 90 valence electrons. The van der Waals surface area contributed by atoms with Gasteiger partial charge in [0.2, 0.25) is 0 Å². The molecule has 0 bridgehead atoms. The molecule has 0 radical (unpaired) electrons. The molecule has 1 saturated heterocycles. The van der Waals surface area contributed by atoms with Gasteiger partial charge in [-0.1, -0.05) is 22.0 Å². The van der Waals surface area contributed by atoms with E-state index in [9.17, 15) is 9.59 Å². The molecule has 1 aromatic carbocycles. The number of hydrogen-bond acceptors (Lipinski definition) is 3. The van der Waals surface area contributed by atoms with Crippen LogP contribution in [-0.4, -0.2) is 29.8 Å². The summed E-state index contributed by atoms with van der Waals surface area (Å²) in [5, 5.41) is 8.78. The van der Waals surface area contributed by atoms with Crippen LogP contribution in [-0.2, 0) is 9.53 Å².